The lowest BCUT2D eigenvalue weighted by Crippen LogP contribution is -2.02. The first-order valence-corrected chi connectivity index (χ1v) is 13.0. The van der Waals surface area contributed by atoms with E-state index < -0.39 is 7.60 Å². The van der Waals surface area contributed by atoms with E-state index in [4.69, 9.17) is 125 Å². The molecule has 0 atom stereocenters. The summed E-state index contributed by atoms with van der Waals surface area (Å²) in [6.45, 7) is 5.16. The molecule has 2 rings (SSSR count). The van der Waals surface area contributed by atoms with E-state index in [0.29, 0.717) is 5.57 Å². The molecule has 0 saturated heterocycles. The Kier molecular flexibility index (Phi) is 9.83. The first-order valence-electron chi connectivity index (χ1n) is 7.59. The predicted octanol–water partition coefficient (Wildman–Crippen LogP) is 12.0. The summed E-state index contributed by atoms with van der Waals surface area (Å²) < 4.78 is 24.8. The highest BCUT2D eigenvalue weighted by Crippen LogP contribution is 2.60. The second kappa shape index (κ2) is 10.9. The van der Waals surface area contributed by atoms with Crippen molar-refractivity contribution < 1.29 is 13.6 Å². The fourth-order valence-corrected chi connectivity index (χ4v) is 6.19. The van der Waals surface area contributed by atoms with Gasteiger partial charge in [-0.1, -0.05) is 129 Å². The van der Waals surface area contributed by atoms with Crippen molar-refractivity contribution in [2.45, 2.75) is 6.92 Å². The van der Waals surface area contributed by atoms with Crippen molar-refractivity contribution in [1.29, 1.82) is 0 Å². The van der Waals surface area contributed by atoms with Crippen molar-refractivity contribution in [2.75, 3.05) is 0 Å². The van der Waals surface area contributed by atoms with Gasteiger partial charge in [0.15, 0.2) is 11.5 Å². The zero-order valence-electron chi connectivity index (χ0n) is 14.8. The van der Waals surface area contributed by atoms with Gasteiger partial charge in [-0.25, -0.2) is 4.57 Å². The Balaban J connectivity index is 2.73. The second-order valence-corrected chi connectivity index (χ2v) is 11.1. The van der Waals surface area contributed by atoms with Gasteiger partial charge >= 0.3 is 7.60 Å². The summed E-state index contributed by atoms with van der Waals surface area (Å²) in [5.41, 5.74) is 0.389. The first-order chi connectivity index (χ1) is 14.3. The minimum Gasteiger partial charge on any atom is -0.410 e. The highest BCUT2D eigenvalue weighted by atomic mass is 35.5. The molecule has 0 aliphatic carbocycles. The van der Waals surface area contributed by atoms with Gasteiger partial charge in [-0.2, -0.15) is 0 Å². The zero-order chi connectivity index (χ0) is 23.8. The molecule has 2 aromatic carbocycles. The molecule has 2 aromatic rings. The third-order valence-corrected chi connectivity index (χ3v) is 9.54. The number of hydrogen-bond donors (Lipinski definition) is 0. The zero-order valence-corrected chi connectivity index (χ0v) is 23.3. The van der Waals surface area contributed by atoms with Gasteiger partial charge < -0.3 is 9.05 Å². The van der Waals surface area contributed by atoms with Crippen LogP contribution in [0.15, 0.2) is 24.0 Å². The molecule has 0 fully saturated rings. The lowest BCUT2D eigenvalue weighted by atomic mass is 10.3. The van der Waals surface area contributed by atoms with Crippen LogP contribution in [0.1, 0.15) is 6.92 Å². The third-order valence-electron chi connectivity index (χ3n) is 3.46. The topological polar surface area (TPSA) is 35.5 Å². The van der Waals surface area contributed by atoms with Gasteiger partial charge in [-0.15, -0.1) is 0 Å². The molecular weight excluding hydrogens is 638 g/mol. The van der Waals surface area contributed by atoms with Crippen LogP contribution in [0, 0.1) is 0 Å². The van der Waals surface area contributed by atoms with Crippen molar-refractivity contribution >= 4 is 124 Å². The molecule has 3 nitrogen and oxygen atoms in total. The molecule has 14 heteroatoms. The van der Waals surface area contributed by atoms with Crippen LogP contribution in [-0.2, 0) is 4.57 Å². The van der Waals surface area contributed by atoms with Crippen LogP contribution in [0.3, 0.4) is 0 Å². The minimum atomic E-state index is -4.34. The Bertz CT molecular complexity index is 1030. The predicted molar refractivity (Wildman–Crippen MR) is 136 cm³/mol. The number of rotatable bonds is 6. The van der Waals surface area contributed by atoms with E-state index in [1.54, 1.807) is 6.92 Å². The number of benzene rings is 2. The summed E-state index contributed by atoms with van der Waals surface area (Å²) in [6, 6.07) is 0. The Morgan fingerprint density at radius 1 is 0.645 bits per heavy atom. The quantitative estimate of drug-likeness (QED) is 0.136. The van der Waals surface area contributed by atoms with Gasteiger partial charge in [0.2, 0.25) is 0 Å². The van der Waals surface area contributed by atoms with Crippen LogP contribution in [0.5, 0.6) is 11.5 Å². The van der Waals surface area contributed by atoms with Gasteiger partial charge in [-0.3, -0.25) is 0 Å². The summed E-state index contributed by atoms with van der Waals surface area (Å²) in [5, 5.41) is -2.04. The molecule has 0 aromatic heterocycles. The van der Waals surface area contributed by atoms with Crippen LogP contribution in [-0.4, -0.2) is 0 Å². The summed E-state index contributed by atoms with van der Waals surface area (Å²) in [6.07, 6.45) is 1.38. The fraction of sp³-hybridized carbons (Fsp3) is 0.0588. The largest absolute Gasteiger partial charge is 0.456 e. The van der Waals surface area contributed by atoms with E-state index in [1.165, 1.54) is 6.08 Å². The molecular formula is C17H7Cl10O3P. The molecule has 0 saturated carbocycles. The van der Waals surface area contributed by atoms with E-state index in [0.717, 1.165) is 5.82 Å². The number of halogens is 10. The van der Waals surface area contributed by atoms with E-state index in [-0.39, 0.29) is 61.7 Å². The van der Waals surface area contributed by atoms with Crippen LogP contribution < -0.4 is 9.05 Å². The molecule has 0 spiro atoms. The fourth-order valence-electron chi connectivity index (χ4n) is 1.96. The molecule has 0 aliphatic rings. The smallest absolute Gasteiger partial charge is 0.410 e. The molecule has 0 amide bonds. The first kappa shape index (κ1) is 27.9. The maximum atomic E-state index is 13.7. The SMILES string of the molecule is C=CC(C)=CP(=O)(Oc1c(Cl)c(Cl)c(Cl)c(Cl)c1Cl)Oc1c(Cl)c(Cl)c(Cl)c(Cl)c1Cl. The van der Waals surface area contributed by atoms with Crippen molar-refractivity contribution in [3.05, 3.63) is 74.3 Å². The van der Waals surface area contributed by atoms with Gasteiger partial charge in [0.25, 0.3) is 0 Å². The van der Waals surface area contributed by atoms with Crippen molar-refractivity contribution in [1.82, 2.24) is 0 Å². The molecule has 0 bridgehead atoms. The lowest BCUT2D eigenvalue weighted by Gasteiger charge is -2.22. The van der Waals surface area contributed by atoms with Gasteiger partial charge in [0.1, 0.15) is 20.1 Å². The maximum absolute atomic E-state index is 13.7. The maximum Gasteiger partial charge on any atom is 0.456 e. The number of hydrogen-bond acceptors (Lipinski definition) is 3. The van der Waals surface area contributed by atoms with Crippen LogP contribution >= 0.6 is 124 Å². The summed E-state index contributed by atoms with van der Waals surface area (Å²) in [7, 11) is -4.34. The molecule has 168 valence electrons. The summed E-state index contributed by atoms with van der Waals surface area (Å²) in [5.74, 6) is 0.377. The molecule has 0 radical (unpaired) electrons. The van der Waals surface area contributed by atoms with E-state index in [1.807, 2.05) is 0 Å². The Morgan fingerprint density at radius 3 is 1.16 bits per heavy atom. The monoisotopic (exact) mass is 640 g/mol. The van der Waals surface area contributed by atoms with Crippen molar-refractivity contribution in [3.8, 4) is 11.5 Å². The van der Waals surface area contributed by atoms with Crippen molar-refractivity contribution in [3.63, 3.8) is 0 Å². The Morgan fingerprint density at radius 2 is 0.903 bits per heavy atom. The highest BCUT2D eigenvalue weighted by Gasteiger charge is 2.34. The summed E-state index contributed by atoms with van der Waals surface area (Å²) in [4.78, 5) is 0. The van der Waals surface area contributed by atoms with E-state index >= 15 is 0 Å². The van der Waals surface area contributed by atoms with E-state index in [9.17, 15) is 4.57 Å². The molecule has 31 heavy (non-hydrogen) atoms. The summed E-state index contributed by atoms with van der Waals surface area (Å²) >= 11 is 60.8. The average molecular weight is 645 g/mol. The van der Waals surface area contributed by atoms with Crippen LogP contribution in [0.25, 0.3) is 0 Å². The molecule has 0 heterocycles. The molecule has 0 N–H and O–H groups in total. The number of allylic oxidation sites excluding steroid dienone is 2. The average Bonchev–Trinajstić information content (AvgIpc) is 2.74. The van der Waals surface area contributed by atoms with Gasteiger partial charge in [0, 0.05) is 0 Å². The van der Waals surface area contributed by atoms with Crippen LogP contribution in [0.2, 0.25) is 50.2 Å². The lowest BCUT2D eigenvalue weighted by molar-refractivity contribution is 0.398. The van der Waals surface area contributed by atoms with Gasteiger partial charge in [-0.05, 0) is 12.5 Å². The Hall–Kier alpha value is 0.650. The highest BCUT2D eigenvalue weighted by molar-refractivity contribution is 7.58. The Labute approximate surface area is 228 Å². The third kappa shape index (κ3) is 5.84. The second-order valence-electron chi connectivity index (χ2n) is 5.60. The molecule has 0 aliphatic heterocycles. The van der Waals surface area contributed by atoms with E-state index in [2.05, 4.69) is 6.58 Å². The molecule has 0 unspecified atom stereocenters. The standard InChI is InChI=1S/C17H7Cl10O3P/c1-3-5(2)4-31(28,29-16-12(24)8(20)6(18)9(21)13(16)25)30-17-14(26)10(22)7(19)11(23)15(17)27/h3-4H,1H2,2H3. The minimum absolute atomic E-state index is 0.124. The van der Waals surface area contributed by atoms with Crippen molar-refractivity contribution in [2.24, 2.45) is 0 Å². The normalized spacial score (nSPS) is 12.2. The van der Waals surface area contributed by atoms with Crippen LogP contribution in [0.4, 0.5) is 0 Å². The van der Waals surface area contributed by atoms with Gasteiger partial charge in [0.05, 0.1) is 36.0 Å².